The molecular formula is C50H45NSi2. The molecule has 0 saturated carbocycles. The number of hydrogen-bond acceptors (Lipinski definition) is 0. The summed E-state index contributed by atoms with van der Waals surface area (Å²) in [6.07, 6.45) is 0. The van der Waals surface area contributed by atoms with Crippen molar-refractivity contribution in [1.82, 2.24) is 4.57 Å². The minimum absolute atomic E-state index is 1.19. The lowest BCUT2D eigenvalue weighted by molar-refractivity contribution is 1.18. The highest BCUT2D eigenvalue weighted by atomic mass is 28.3. The van der Waals surface area contributed by atoms with E-state index in [9.17, 15) is 0 Å². The molecule has 0 saturated heterocycles. The molecule has 0 aliphatic rings. The van der Waals surface area contributed by atoms with Gasteiger partial charge < -0.3 is 4.57 Å². The van der Waals surface area contributed by atoms with Gasteiger partial charge in [0.1, 0.15) is 0 Å². The Morgan fingerprint density at radius 2 is 0.755 bits per heavy atom. The molecule has 0 aliphatic heterocycles. The minimum Gasteiger partial charge on any atom is -0.309 e. The first-order valence-corrected chi connectivity index (χ1v) is 25.8. The Bertz CT molecular complexity index is 2670. The predicted molar refractivity (Wildman–Crippen MR) is 237 cm³/mol. The fourth-order valence-electron chi connectivity index (χ4n) is 8.02. The third kappa shape index (κ3) is 6.04. The molecule has 258 valence electrons. The summed E-state index contributed by atoms with van der Waals surface area (Å²) in [5.41, 5.74) is 13.6. The molecule has 0 atom stereocenters. The van der Waals surface area contributed by atoms with Crippen LogP contribution in [0.1, 0.15) is 0 Å². The number of benzene rings is 8. The van der Waals surface area contributed by atoms with Crippen molar-refractivity contribution in [3.63, 3.8) is 0 Å². The molecule has 9 aromatic rings. The van der Waals surface area contributed by atoms with Gasteiger partial charge in [-0.05, 0) is 104 Å². The van der Waals surface area contributed by atoms with Crippen LogP contribution in [-0.2, 0) is 0 Å². The van der Waals surface area contributed by atoms with Crippen molar-refractivity contribution in [2.75, 3.05) is 0 Å². The summed E-state index contributed by atoms with van der Waals surface area (Å²) in [6, 6.07) is 61.8. The van der Waals surface area contributed by atoms with Crippen LogP contribution in [0.25, 0.3) is 82.8 Å². The second kappa shape index (κ2) is 12.6. The van der Waals surface area contributed by atoms with E-state index in [2.05, 4.69) is 208 Å². The maximum absolute atomic E-state index is 2.43. The quantitative estimate of drug-likeness (QED) is 0.114. The van der Waals surface area contributed by atoms with E-state index in [1.807, 2.05) is 0 Å². The van der Waals surface area contributed by atoms with E-state index in [-0.39, 0.29) is 0 Å². The highest BCUT2D eigenvalue weighted by Crippen LogP contribution is 2.41. The Balaban J connectivity index is 1.15. The molecule has 0 unspecified atom stereocenters. The minimum atomic E-state index is -1.39. The number of para-hydroxylation sites is 1. The van der Waals surface area contributed by atoms with E-state index >= 15 is 0 Å². The fraction of sp³-hybridized carbons (Fsp3) is 0.120. The number of hydrogen-bond donors (Lipinski definition) is 0. The van der Waals surface area contributed by atoms with Gasteiger partial charge >= 0.3 is 0 Å². The summed E-state index contributed by atoms with van der Waals surface area (Å²) in [7, 11) is -2.78. The zero-order chi connectivity index (χ0) is 36.5. The van der Waals surface area contributed by atoms with Crippen molar-refractivity contribution in [3.8, 4) is 50.2 Å². The van der Waals surface area contributed by atoms with Gasteiger partial charge in [0.25, 0.3) is 0 Å². The lowest BCUT2D eigenvalue weighted by atomic mass is 9.92. The topological polar surface area (TPSA) is 4.93 Å². The molecule has 53 heavy (non-hydrogen) atoms. The molecule has 0 radical (unpaired) electrons. The molecular weight excluding hydrogens is 671 g/mol. The van der Waals surface area contributed by atoms with Gasteiger partial charge in [-0.3, -0.25) is 0 Å². The van der Waals surface area contributed by atoms with Crippen LogP contribution in [0.15, 0.2) is 164 Å². The van der Waals surface area contributed by atoms with Gasteiger partial charge in [-0.25, -0.2) is 0 Å². The first kappa shape index (κ1) is 33.4. The Hall–Kier alpha value is -5.49. The molecule has 3 heteroatoms. The largest absolute Gasteiger partial charge is 0.309 e. The van der Waals surface area contributed by atoms with Gasteiger partial charge in [0.2, 0.25) is 0 Å². The van der Waals surface area contributed by atoms with Gasteiger partial charge in [-0.1, -0.05) is 165 Å². The smallest absolute Gasteiger partial charge is 0.0775 e. The molecule has 8 aromatic carbocycles. The third-order valence-electron chi connectivity index (χ3n) is 11.1. The van der Waals surface area contributed by atoms with Crippen molar-refractivity contribution in [2.45, 2.75) is 39.3 Å². The van der Waals surface area contributed by atoms with E-state index in [0.29, 0.717) is 0 Å². The predicted octanol–water partition coefficient (Wildman–Crippen LogP) is 13.1. The Morgan fingerprint density at radius 1 is 0.321 bits per heavy atom. The van der Waals surface area contributed by atoms with Crippen LogP contribution in [0.3, 0.4) is 0 Å². The average molecular weight is 716 g/mol. The molecule has 1 nitrogen and oxygen atoms in total. The molecule has 0 N–H and O–H groups in total. The van der Waals surface area contributed by atoms with E-state index in [4.69, 9.17) is 0 Å². The molecule has 9 rings (SSSR count). The van der Waals surface area contributed by atoms with E-state index in [1.165, 1.54) is 93.1 Å². The number of nitrogens with zero attached hydrogens (tertiary/aromatic N) is 1. The van der Waals surface area contributed by atoms with Gasteiger partial charge in [-0.2, -0.15) is 0 Å². The zero-order valence-electron chi connectivity index (χ0n) is 31.5. The highest BCUT2D eigenvalue weighted by molar-refractivity contribution is 6.89. The van der Waals surface area contributed by atoms with Crippen molar-refractivity contribution >= 4 is 59.1 Å². The van der Waals surface area contributed by atoms with Gasteiger partial charge in [0.05, 0.1) is 27.2 Å². The number of aromatic nitrogens is 1. The van der Waals surface area contributed by atoms with E-state index in [0.717, 1.165) is 0 Å². The Morgan fingerprint density at radius 3 is 1.25 bits per heavy atom. The Kier molecular flexibility index (Phi) is 7.92. The Labute approximate surface area is 315 Å². The first-order chi connectivity index (χ1) is 25.5. The van der Waals surface area contributed by atoms with Crippen LogP contribution in [0, 0.1) is 0 Å². The third-order valence-corrected chi connectivity index (χ3v) is 15.2. The van der Waals surface area contributed by atoms with Gasteiger partial charge in [-0.15, -0.1) is 0 Å². The van der Waals surface area contributed by atoms with Gasteiger partial charge in [0, 0.05) is 16.5 Å². The van der Waals surface area contributed by atoms with Crippen LogP contribution in [0.5, 0.6) is 0 Å². The summed E-state index contributed by atoms with van der Waals surface area (Å²) < 4.78 is 2.43. The van der Waals surface area contributed by atoms with Crippen LogP contribution < -0.4 is 10.4 Å². The average Bonchev–Trinajstić information content (AvgIpc) is 3.52. The van der Waals surface area contributed by atoms with Crippen molar-refractivity contribution in [3.05, 3.63) is 164 Å². The second-order valence-corrected chi connectivity index (χ2v) is 26.9. The summed E-state index contributed by atoms with van der Waals surface area (Å²) in [4.78, 5) is 0. The molecule has 0 spiro atoms. The zero-order valence-corrected chi connectivity index (χ0v) is 33.5. The monoisotopic (exact) mass is 715 g/mol. The maximum atomic E-state index is 2.43. The molecule has 0 fully saturated rings. The summed E-state index contributed by atoms with van der Waals surface area (Å²) in [6.45, 7) is 14.5. The van der Waals surface area contributed by atoms with Crippen LogP contribution in [0.2, 0.25) is 39.3 Å². The lowest BCUT2D eigenvalue weighted by Gasteiger charge is -2.18. The van der Waals surface area contributed by atoms with E-state index in [1.54, 1.807) is 0 Å². The molecule has 1 aromatic heterocycles. The normalized spacial score (nSPS) is 12.3. The highest BCUT2D eigenvalue weighted by Gasteiger charge is 2.20. The first-order valence-electron chi connectivity index (χ1n) is 18.8. The summed E-state index contributed by atoms with van der Waals surface area (Å²) in [5, 5.41) is 8.21. The summed E-state index contributed by atoms with van der Waals surface area (Å²) in [5.74, 6) is 0. The summed E-state index contributed by atoms with van der Waals surface area (Å²) >= 11 is 0. The lowest BCUT2D eigenvalue weighted by Crippen LogP contribution is -2.37. The molecule has 0 amide bonds. The standard InChI is InChI=1S/C50H45NSi2/c1-52(2,3)45-25-21-36(22-26-45)41-30-40(31-42(32-41)37-23-27-46(28-24-37)53(4,5)6)34-15-17-35(18-16-34)43-29-39-20-19-38-11-10-14-47-49(38)50(39)48(33-43)51(47)44-12-8-7-9-13-44/h7-33H,1-6H3. The SMILES string of the molecule is C[Si](C)(C)c1ccc(-c2cc(-c3ccc(-c4cc5ccc6cccc7c6c5c(c4)n7-c4ccccc4)cc3)cc(-c3ccc([Si](C)(C)C)cc3)c2)cc1. The molecule has 0 aliphatic carbocycles. The van der Waals surface area contributed by atoms with Crippen molar-refractivity contribution in [2.24, 2.45) is 0 Å². The second-order valence-electron chi connectivity index (χ2n) is 16.7. The molecule has 0 bridgehead atoms. The van der Waals surface area contributed by atoms with Crippen LogP contribution in [0.4, 0.5) is 0 Å². The fourth-order valence-corrected chi connectivity index (χ4v) is 10.4. The van der Waals surface area contributed by atoms with Gasteiger partial charge in [0.15, 0.2) is 0 Å². The van der Waals surface area contributed by atoms with Crippen molar-refractivity contribution in [1.29, 1.82) is 0 Å². The number of rotatable bonds is 7. The molecule has 1 heterocycles. The van der Waals surface area contributed by atoms with Crippen LogP contribution >= 0.6 is 0 Å². The maximum Gasteiger partial charge on any atom is 0.0775 e. The van der Waals surface area contributed by atoms with Crippen LogP contribution in [-0.4, -0.2) is 20.7 Å². The van der Waals surface area contributed by atoms with E-state index < -0.39 is 16.1 Å². The van der Waals surface area contributed by atoms with Crippen molar-refractivity contribution < 1.29 is 0 Å².